The number of aromatic nitrogens is 2. The average Bonchev–Trinajstić information content (AvgIpc) is 3.12. The van der Waals surface area contributed by atoms with Gasteiger partial charge >= 0.3 is 5.97 Å². The molecule has 6 heteroatoms. The first-order valence-electron chi connectivity index (χ1n) is 7.05. The summed E-state index contributed by atoms with van der Waals surface area (Å²) < 4.78 is 1.62. The van der Waals surface area contributed by atoms with Gasteiger partial charge in [0, 0.05) is 6.54 Å². The second kappa shape index (κ2) is 5.64. The van der Waals surface area contributed by atoms with Crippen LogP contribution in [0.15, 0.2) is 6.07 Å². The molecule has 0 saturated heterocycles. The number of carbonyl (C=O) groups excluding carboxylic acids is 1. The molecular formula is C14H21N3O3. The predicted octanol–water partition coefficient (Wildman–Crippen LogP) is 1.62. The van der Waals surface area contributed by atoms with Crippen LogP contribution >= 0.6 is 0 Å². The monoisotopic (exact) mass is 279 g/mol. The van der Waals surface area contributed by atoms with Gasteiger partial charge in [-0.15, -0.1) is 0 Å². The Hall–Kier alpha value is -1.85. The molecule has 6 nitrogen and oxygen atoms in total. The van der Waals surface area contributed by atoms with Crippen LogP contribution in [0.2, 0.25) is 0 Å². The van der Waals surface area contributed by atoms with Crippen molar-refractivity contribution in [3.63, 3.8) is 0 Å². The highest BCUT2D eigenvalue weighted by molar-refractivity contribution is 5.95. The van der Waals surface area contributed by atoms with Crippen LogP contribution in [-0.4, -0.2) is 32.8 Å². The molecule has 1 aliphatic carbocycles. The smallest absolute Gasteiger partial charge is 0.326 e. The van der Waals surface area contributed by atoms with Crippen molar-refractivity contribution in [3.05, 3.63) is 17.5 Å². The highest BCUT2D eigenvalue weighted by Crippen LogP contribution is 2.32. The Morgan fingerprint density at radius 1 is 1.50 bits per heavy atom. The minimum absolute atomic E-state index is 0.0685. The molecule has 1 amide bonds. The fourth-order valence-corrected chi connectivity index (χ4v) is 2.17. The van der Waals surface area contributed by atoms with Crippen molar-refractivity contribution in [1.29, 1.82) is 0 Å². The molecule has 2 rings (SSSR count). The molecule has 1 aromatic rings. The van der Waals surface area contributed by atoms with Crippen molar-refractivity contribution in [2.75, 3.05) is 0 Å². The van der Waals surface area contributed by atoms with E-state index < -0.39 is 12.0 Å². The number of nitrogens with zero attached hydrogens (tertiary/aromatic N) is 2. The molecule has 0 radical (unpaired) electrons. The van der Waals surface area contributed by atoms with E-state index >= 15 is 0 Å². The fraction of sp³-hybridized carbons (Fsp3) is 0.643. The lowest BCUT2D eigenvalue weighted by Gasteiger charge is -2.13. The van der Waals surface area contributed by atoms with Crippen LogP contribution in [0.3, 0.4) is 0 Å². The SMILES string of the molecule is CCn1nc(C(C)C)cc1C(=O)NC(C(=O)O)C1CC1. The zero-order chi connectivity index (χ0) is 14.9. The number of hydrogen-bond acceptors (Lipinski definition) is 3. The molecule has 2 N–H and O–H groups in total. The first-order valence-corrected chi connectivity index (χ1v) is 7.05. The van der Waals surface area contributed by atoms with Crippen LogP contribution in [0.4, 0.5) is 0 Å². The third-order valence-corrected chi connectivity index (χ3v) is 3.57. The molecule has 1 fully saturated rings. The Kier molecular flexibility index (Phi) is 4.11. The molecule has 110 valence electrons. The normalized spacial score (nSPS) is 16.2. The van der Waals surface area contributed by atoms with E-state index in [1.807, 2.05) is 20.8 Å². The lowest BCUT2D eigenvalue weighted by Crippen LogP contribution is -2.43. The summed E-state index contributed by atoms with van der Waals surface area (Å²) in [5.74, 6) is -1.02. The molecule has 20 heavy (non-hydrogen) atoms. The average molecular weight is 279 g/mol. The number of aryl methyl sites for hydroxylation is 1. The summed E-state index contributed by atoms with van der Waals surface area (Å²) in [6.07, 6.45) is 1.73. The molecule has 0 bridgehead atoms. The van der Waals surface area contributed by atoms with Gasteiger partial charge < -0.3 is 10.4 Å². The molecular weight excluding hydrogens is 258 g/mol. The number of hydrogen-bond donors (Lipinski definition) is 2. The maximum atomic E-state index is 12.3. The van der Waals surface area contributed by atoms with Crippen molar-refractivity contribution in [3.8, 4) is 0 Å². The summed E-state index contributed by atoms with van der Waals surface area (Å²) in [7, 11) is 0. The summed E-state index contributed by atoms with van der Waals surface area (Å²) in [5, 5.41) is 16.2. The van der Waals surface area contributed by atoms with Gasteiger partial charge in [0.1, 0.15) is 11.7 Å². The van der Waals surface area contributed by atoms with Crippen LogP contribution in [0.5, 0.6) is 0 Å². The quantitative estimate of drug-likeness (QED) is 0.828. The minimum Gasteiger partial charge on any atom is -0.480 e. The number of aliphatic carboxylic acids is 1. The number of amides is 1. The van der Waals surface area contributed by atoms with E-state index in [1.54, 1.807) is 10.7 Å². The van der Waals surface area contributed by atoms with Gasteiger partial charge in [0.15, 0.2) is 0 Å². The summed E-state index contributed by atoms with van der Waals surface area (Å²) in [6.45, 7) is 6.50. The van der Waals surface area contributed by atoms with Crippen molar-refractivity contribution < 1.29 is 14.7 Å². The second-order valence-electron chi connectivity index (χ2n) is 5.55. The van der Waals surface area contributed by atoms with Crippen LogP contribution < -0.4 is 5.32 Å². The second-order valence-corrected chi connectivity index (χ2v) is 5.55. The Morgan fingerprint density at radius 2 is 2.15 bits per heavy atom. The summed E-state index contributed by atoms with van der Waals surface area (Å²) >= 11 is 0. The minimum atomic E-state index is -0.965. The summed E-state index contributed by atoms with van der Waals surface area (Å²) in [5.41, 5.74) is 1.28. The van der Waals surface area contributed by atoms with Crippen LogP contribution in [0.1, 0.15) is 55.7 Å². The number of nitrogens with one attached hydrogen (secondary N) is 1. The van der Waals surface area contributed by atoms with Crippen molar-refractivity contribution in [2.24, 2.45) is 5.92 Å². The van der Waals surface area contributed by atoms with E-state index in [4.69, 9.17) is 5.11 Å². The van der Waals surface area contributed by atoms with Gasteiger partial charge in [0.05, 0.1) is 5.69 Å². The van der Waals surface area contributed by atoms with E-state index in [0.29, 0.717) is 12.2 Å². The van der Waals surface area contributed by atoms with E-state index in [1.165, 1.54) is 0 Å². The molecule has 1 aliphatic rings. The standard InChI is InChI=1S/C14H21N3O3/c1-4-17-11(7-10(16-17)8(2)3)13(18)15-12(14(19)20)9-5-6-9/h7-9,12H,4-6H2,1-3H3,(H,15,18)(H,19,20). The van der Waals surface area contributed by atoms with Gasteiger partial charge in [-0.25, -0.2) is 4.79 Å². The van der Waals surface area contributed by atoms with Gasteiger partial charge in [-0.2, -0.15) is 5.10 Å². The maximum absolute atomic E-state index is 12.3. The van der Waals surface area contributed by atoms with Crippen molar-refractivity contribution in [1.82, 2.24) is 15.1 Å². The van der Waals surface area contributed by atoms with Gasteiger partial charge in [0.2, 0.25) is 0 Å². The Bertz CT molecular complexity index is 518. The molecule has 1 atom stereocenters. The fourth-order valence-electron chi connectivity index (χ4n) is 2.17. The predicted molar refractivity (Wildman–Crippen MR) is 73.6 cm³/mol. The van der Waals surface area contributed by atoms with Gasteiger partial charge in [0.25, 0.3) is 5.91 Å². The zero-order valence-electron chi connectivity index (χ0n) is 12.1. The van der Waals surface area contributed by atoms with E-state index in [9.17, 15) is 9.59 Å². The van der Waals surface area contributed by atoms with Crippen molar-refractivity contribution in [2.45, 2.75) is 52.1 Å². The maximum Gasteiger partial charge on any atom is 0.326 e. The number of carboxylic acid groups (broad SMARTS) is 1. The topological polar surface area (TPSA) is 84.2 Å². The Balaban J connectivity index is 2.17. The first kappa shape index (κ1) is 14.6. The zero-order valence-corrected chi connectivity index (χ0v) is 12.1. The van der Waals surface area contributed by atoms with E-state index in [-0.39, 0.29) is 17.7 Å². The van der Waals surface area contributed by atoms with Crippen LogP contribution in [-0.2, 0) is 11.3 Å². The Morgan fingerprint density at radius 3 is 2.60 bits per heavy atom. The summed E-state index contributed by atoms with van der Waals surface area (Å²) in [6, 6.07) is 0.958. The molecule has 0 spiro atoms. The molecule has 1 saturated carbocycles. The highest BCUT2D eigenvalue weighted by Gasteiger charge is 2.37. The summed E-state index contributed by atoms with van der Waals surface area (Å²) in [4.78, 5) is 23.5. The lowest BCUT2D eigenvalue weighted by atomic mass is 10.1. The molecule has 0 aromatic carbocycles. The van der Waals surface area contributed by atoms with E-state index in [2.05, 4.69) is 10.4 Å². The molecule has 1 aromatic heterocycles. The highest BCUT2D eigenvalue weighted by atomic mass is 16.4. The van der Waals surface area contributed by atoms with Gasteiger partial charge in [-0.1, -0.05) is 13.8 Å². The number of carbonyl (C=O) groups is 2. The van der Waals surface area contributed by atoms with Gasteiger partial charge in [-0.05, 0) is 37.7 Å². The van der Waals surface area contributed by atoms with E-state index in [0.717, 1.165) is 18.5 Å². The molecule has 1 heterocycles. The van der Waals surface area contributed by atoms with Crippen LogP contribution in [0.25, 0.3) is 0 Å². The van der Waals surface area contributed by atoms with Crippen LogP contribution in [0, 0.1) is 5.92 Å². The molecule has 0 aliphatic heterocycles. The Labute approximate surface area is 118 Å². The van der Waals surface area contributed by atoms with Crippen molar-refractivity contribution >= 4 is 11.9 Å². The first-order chi connectivity index (χ1) is 9.43. The van der Waals surface area contributed by atoms with Gasteiger partial charge in [-0.3, -0.25) is 9.48 Å². The molecule has 1 unspecified atom stereocenters. The lowest BCUT2D eigenvalue weighted by molar-refractivity contribution is -0.139. The largest absolute Gasteiger partial charge is 0.480 e. The number of carboxylic acids is 1. The third kappa shape index (κ3) is 3.00. The third-order valence-electron chi connectivity index (χ3n) is 3.57. The number of rotatable bonds is 6.